The topological polar surface area (TPSA) is 29.9 Å². The Bertz CT molecular complexity index is 357. The van der Waals surface area contributed by atoms with Gasteiger partial charge in [0.15, 0.2) is 0 Å². The van der Waals surface area contributed by atoms with Crippen LogP contribution in [0.1, 0.15) is 19.3 Å². The van der Waals surface area contributed by atoms with Crippen LogP contribution in [0.2, 0.25) is 0 Å². The molecule has 0 radical (unpaired) electrons. The van der Waals surface area contributed by atoms with E-state index < -0.39 is 0 Å². The van der Waals surface area contributed by atoms with E-state index in [0.29, 0.717) is 0 Å². The summed E-state index contributed by atoms with van der Waals surface area (Å²) in [4.78, 5) is 0. The summed E-state index contributed by atoms with van der Waals surface area (Å²) >= 11 is 0. The van der Waals surface area contributed by atoms with Crippen molar-refractivity contribution in [2.24, 2.45) is 23.7 Å². The molecule has 1 aromatic heterocycles. The second kappa shape index (κ2) is 3.33. The molecule has 3 heteroatoms. The number of nitrogens with one attached hydrogen (secondary N) is 1. The lowest BCUT2D eigenvalue weighted by molar-refractivity contribution is 0.447. The van der Waals surface area contributed by atoms with Crippen LogP contribution in [-0.4, -0.2) is 22.4 Å². The minimum Gasteiger partial charge on any atom is -0.312 e. The minimum atomic E-state index is 0.863. The maximum atomic E-state index is 4.22. The van der Waals surface area contributed by atoms with Crippen molar-refractivity contribution in [2.45, 2.75) is 31.8 Å². The number of aromatic nitrogens is 2. The average molecular weight is 217 g/mol. The van der Waals surface area contributed by atoms with E-state index in [1.807, 2.05) is 23.1 Å². The molecule has 4 unspecified atom stereocenters. The Labute approximate surface area is 96.2 Å². The summed E-state index contributed by atoms with van der Waals surface area (Å²) in [5.74, 6) is 4.27. The number of nitrogens with zero attached hydrogens (tertiary/aromatic N) is 2. The first kappa shape index (κ1) is 9.23. The quantitative estimate of drug-likeness (QED) is 0.828. The van der Waals surface area contributed by atoms with E-state index in [9.17, 15) is 0 Å². The first-order chi connectivity index (χ1) is 7.93. The molecule has 1 heterocycles. The fourth-order valence-electron chi connectivity index (χ4n) is 4.38. The molecular weight excluding hydrogens is 198 g/mol. The number of hydrogen-bond donors (Lipinski definition) is 1. The van der Waals surface area contributed by atoms with Gasteiger partial charge in [-0.05, 0) is 49.0 Å². The molecule has 4 atom stereocenters. The van der Waals surface area contributed by atoms with Gasteiger partial charge in [-0.15, -0.1) is 0 Å². The van der Waals surface area contributed by atoms with Gasteiger partial charge in [0, 0.05) is 25.0 Å². The molecule has 2 bridgehead atoms. The first-order valence-electron chi connectivity index (χ1n) is 6.64. The molecule has 3 aliphatic carbocycles. The Morgan fingerprint density at radius 2 is 2.06 bits per heavy atom. The van der Waals surface area contributed by atoms with Crippen molar-refractivity contribution in [3.05, 3.63) is 18.5 Å². The van der Waals surface area contributed by atoms with E-state index in [1.54, 1.807) is 6.42 Å². The van der Waals surface area contributed by atoms with Crippen LogP contribution in [-0.2, 0) is 6.54 Å². The monoisotopic (exact) mass is 217 g/mol. The van der Waals surface area contributed by atoms with Gasteiger partial charge in [0.1, 0.15) is 0 Å². The van der Waals surface area contributed by atoms with Crippen LogP contribution < -0.4 is 5.32 Å². The lowest BCUT2D eigenvalue weighted by Crippen LogP contribution is -2.26. The van der Waals surface area contributed by atoms with Gasteiger partial charge in [-0.3, -0.25) is 4.68 Å². The summed E-state index contributed by atoms with van der Waals surface area (Å²) in [5.41, 5.74) is 0. The van der Waals surface area contributed by atoms with E-state index in [4.69, 9.17) is 0 Å². The highest BCUT2D eigenvalue weighted by molar-refractivity contribution is 5.16. The molecule has 0 saturated heterocycles. The summed E-state index contributed by atoms with van der Waals surface area (Å²) in [6.07, 6.45) is 8.48. The predicted molar refractivity (Wildman–Crippen MR) is 61.8 cm³/mol. The fraction of sp³-hybridized carbons (Fsp3) is 0.769. The lowest BCUT2D eigenvalue weighted by atomic mass is 10.0. The van der Waals surface area contributed by atoms with Crippen LogP contribution in [0.25, 0.3) is 0 Å². The maximum Gasteiger partial charge on any atom is 0.0534 e. The smallest absolute Gasteiger partial charge is 0.0534 e. The van der Waals surface area contributed by atoms with E-state index in [2.05, 4.69) is 10.4 Å². The average Bonchev–Trinajstić information content (AvgIpc) is 2.77. The highest BCUT2D eigenvalue weighted by Crippen LogP contribution is 2.65. The third-order valence-corrected chi connectivity index (χ3v) is 5.02. The molecular formula is C13H19N3. The van der Waals surface area contributed by atoms with Crippen LogP contribution in [0.15, 0.2) is 18.5 Å². The van der Waals surface area contributed by atoms with E-state index in [1.165, 1.54) is 12.8 Å². The number of fused-ring (bicyclic) bond motifs is 5. The second-order valence-corrected chi connectivity index (χ2v) is 5.74. The maximum absolute atomic E-state index is 4.22. The normalized spacial score (nSPS) is 43.6. The first-order valence-corrected chi connectivity index (χ1v) is 6.64. The van der Waals surface area contributed by atoms with Crippen molar-refractivity contribution in [3.63, 3.8) is 0 Å². The van der Waals surface area contributed by atoms with Gasteiger partial charge in [-0.1, -0.05) is 0 Å². The summed E-state index contributed by atoms with van der Waals surface area (Å²) in [5, 5.41) is 7.96. The third kappa shape index (κ3) is 1.27. The second-order valence-electron chi connectivity index (χ2n) is 5.74. The Hall–Kier alpha value is -0.830. The van der Waals surface area contributed by atoms with Crippen LogP contribution in [0.3, 0.4) is 0 Å². The molecule has 0 aromatic carbocycles. The van der Waals surface area contributed by atoms with Crippen molar-refractivity contribution in [1.29, 1.82) is 0 Å². The zero-order chi connectivity index (χ0) is 10.5. The molecule has 0 amide bonds. The summed E-state index contributed by atoms with van der Waals surface area (Å²) in [7, 11) is 0. The summed E-state index contributed by atoms with van der Waals surface area (Å²) in [6.45, 7) is 2.09. The summed E-state index contributed by atoms with van der Waals surface area (Å²) in [6, 6.07) is 2.85. The minimum absolute atomic E-state index is 0.863. The Morgan fingerprint density at radius 1 is 1.25 bits per heavy atom. The van der Waals surface area contributed by atoms with Gasteiger partial charge in [0.25, 0.3) is 0 Å². The van der Waals surface area contributed by atoms with Crippen molar-refractivity contribution >= 4 is 0 Å². The lowest BCUT2D eigenvalue weighted by Gasteiger charge is -2.10. The van der Waals surface area contributed by atoms with Gasteiger partial charge < -0.3 is 5.32 Å². The van der Waals surface area contributed by atoms with E-state index in [0.717, 1.165) is 42.8 Å². The molecule has 86 valence electrons. The van der Waals surface area contributed by atoms with Gasteiger partial charge in [-0.2, -0.15) is 5.10 Å². The molecule has 3 saturated carbocycles. The van der Waals surface area contributed by atoms with E-state index >= 15 is 0 Å². The van der Waals surface area contributed by atoms with Crippen LogP contribution in [0.4, 0.5) is 0 Å². The molecule has 3 nitrogen and oxygen atoms in total. The fourth-order valence-corrected chi connectivity index (χ4v) is 4.38. The number of hydrogen-bond acceptors (Lipinski definition) is 2. The third-order valence-electron chi connectivity index (χ3n) is 5.02. The largest absolute Gasteiger partial charge is 0.312 e. The van der Waals surface area contributed by atoms with Crippen molar-refractivity contribution in [3.8, 4) is 0 Å². The zero-order valence-corrected chi connectivity index (χ0v) is 9.55. The van der Waals surface area contributed by atoms with Gasteiger partial charge >= 0.3 is 0 Å². The Balaban J connectivity index is 1.29. The van der Waals surface area contributed by atoms with Crippen molar-refractivity contribution < 1.29 is 0 Å². The highest BCUT2D eigenvalue weighted by atomic mass is 15.3. The molecule has 3 aliphatic rings. The molecule has 1 aromatic rings. The van der Waals surface area contributed by atoms with Gasteiger partial charge in [-0.25, -0.2) is 0 Å². The molecule has 4 rings (SSSR count). The standard InChI is InChI=1S/C13H19N3/c1-4-15-16(6-1)7-5-14-13-11-9-2-3-10(8-9)12(11)13/h1,4,6,9-14H,2-3,5,7-8H2. The molecule has 0 spiro atoms. The van der Waals surface area contributed by atoms with E-state index in [-0.39, 0.29) is 0 Å². The molecule has 0 aliphatic heterocycles. The van der Waals surface area contributed by atoms with Gasteiger partial charge in [0.2, 0.25) is 0 Å². The number of rotatable bonds is 4. The predicted octanol–water partition coefficient (Wildman–Crippen LogP) is 1.52. The Morgan fingerprint density at radius 3 is 2.75 bits per heavy atom. The van der Waals surface area contributed by atoms with Crippen LogP contribution in [0, 0.1) is 23.7 Å². The molecule has 3 fully saturated rings. The van der Waals surface area contributed by atoms with Crippen LogP contribution >= 0.6 is 0 Å². The molecule has 1 N–H and O–H groups in total. The van der Waals surface area contributed by atoms with Gasteiger partial charge in [0.05, 0.1) is 6.54 Å². The molecule has 16 heavy (non-hydrogen) atoms. The summed E-state index contributed by atoms with van der Waals surface area (Å²) < 4.78 is 2.01. The van der Waals surface area contributed by atoms with Crippen molar-refractivity contribution in [2.75, 3.05) is 6.54 Å². The van der Waals surface area contributed by atoms with Crippen molar-refractivity contribution in [1.82, 2.24) is 15.1 Å². The zero-order valence-electron chi connectivity index (χ0n) is 9.55. The highest BCUT2D eigenvalue weighted by Gasteiger charge is 2.64. The Kier molecular flexibility index (Phi) is 1.92. The van der Waals surface area contributed by atoms with Crippen LogP contribution in [0.5, 0.6) is 0 Å². The SMILES string of the molecule is c1cnn(CCNC2C3C4CCC(C4)C23)c1.